The van der Waals surface area contributed by atoms with E-state index in [2.05, 4.69) is 9.44 Å². The molecule has 6 aliphatic heterocycles. The smallest absolute Gasteiger partial charge is 0.329 e. The topological polar surface area (TPSA) is 431 Å². The molecule has 4 saturated carbocycles. The summed E-state index contributed by atoms with van der Waals surface area (Å²) in [6.45, 7) is 26.5. The third-order valence-corrected chi connectivity index (χ3v) is 36.6. The van der Waals surface area contributed by atoms with Crippen LogP contribution in [0.1, 0.15) is 315 Å². The normalized spacial score (nSPS) is 39.6. The molecule has 2 amide bonds. The van der Waals surface area contributed by atoms with E-state index in [1.807, 2.05) is 130 Å². The quantitative estimate of drug-likeness (QED) is 0.0404. The van der Waals surface area contributed by atoms with Gasteiger partial charge in [-0.05, 0) is 279 Å². The lowest BCUT2D eigenvalue weighted by atomic mass is 9.78. The number of esters is 2. The summed E-state index contributed by atoms with van der Waals surface area (Å²) in [5.41, 5.74) is 2.54. The van der Waals surface area contributed by atoms with Gasteiger partial charge in [0.05, 0.1) is 47.1 Å². The van der Waals surface area contributed by atoms with Crippen LogP contribution >= 0.6 is 0 Å². The Kier molecular flexibility index (Phi) is 47.0. The predicted molar refractivity (Wildman–Crippen MR) is 544 cm³/mol. The molecule has 4 aliphatic carbocycles. The third-order valence-electron chi connectivity index (χ3n) is 32.7. The van der Waals surface area contributed by atoms with Crippen LogP contribution in [0.15, 0.2) is 95.2 Å². The minimum absolute atomic E-state index is 0.00696. The van der Waals surface area contributed by atoms with Crippen LogP contribution in [0.2, 0.25) is 0 Å². The lowest BCUT2D eigenvalue weighted by Crippen LogP contribution is -2.61. The molecule has 10 aliphatic rings. The minimum Gasteiger partial charge on any atom is -0.461 e. The zero-order chi connectivity index (χ0) is 104. The molecular weight excluding hydrogens is 1860 g/mol. The van der Waals surface area contributed by atoms with Gasteiger partial charge in [0.2, 0.25) is 31.6 Å². The number of ether oxygens (including phenoxy) is 8. The summed E-state index contributed by atoms with van der Waals surface area (Å²) in [6.07, 6.45) is 32.0. The first-order valence-corrected chi connectivity index (χ1v) is 56.5. The van der Waals surface area contributed by atoms with Gasteiger partial charge in [-0.25, -0.2) is 35.9 Å². The molecular formula is C110H176N4O26S2. The number of methoxy groups -OCH3 is 4. The molecule has 30 nitrogen and oxygen atoms in total. The van der Waals surface area contributed by atoms with E-state index in [0.29, 0.717) is 176 Å². The highest BCUT2D eigenvalue weighted by Gasteiger charge is 2.56. The van der Waals surface area contributed by atoms with Gasteiger partial charge in [-0.3, -0.25) is 28.8 Å². The summed E-state index contributed by atoms with van der Waals surface area (Å²) >= 11 is 0. The number of cyclic esters (lactones) is 2. The Balaban J connectivity index is 0.000000317. The van der Waals surface area contributed by atoms with Gasteiger partial charge in [0, 0.05) is 77.3 Å². The van der Waals surface area contributed by atoms with Gasteiger partial charge in [0.25, 0.3) is 23.4 Å². The van der Waals surface area contributed by atoms with Crippen LogP contribution in [-0.2, 0) is 96.3 Å². The summed E-state index contributed by atoms with van der Waals surface area (Å²) in [6, 6.07) is -3.67. The number of carbonyl (C=O) groups excluding carboxylic acids is 8. The number of nitrogens with zero attached hydrogens (tertiary/aromatic N) is 2. The van der Waals surface area contributed by atoms with Gasteiger partial charge in [0.1, 0.15) is 48.7 Å². The fraction of sp³-hybridized carbons (Fsp3) is 0.782. The van der Waals surface area contributed by atoms with E-state index in [-0.39, 0.29) is 110 Å². The number of aliphatic hydroxyl groups is 6. The second-order valence-electron chi connectivity index (χ2n) is 44.2. The Morgan fingerprint density at radius 3 is 1.11 bits per heavy atom. The number of rotatable bonds is 16. The first-order valence-electron chi connectivity index (χ1n) is 53.4. The van der Waals surface area contributed by atoms with E-state index in [4.69, 9.17) is 37.9 Å². The number of sulfonamides is 2. The maximum atomic E-state index is 14.5. The highest BCUT2D eigenvalue weighted by molar-refractivity contribution is 7.90. The van der Waals surface area contributed by atoms with Crippen molar-refractivity contribution in [2.24, 2.45) is 71.0 Å². The summed E-state index contributed by atoms with van der Waals surface area (Å²) in [5.74, 6) is -13.6. The highest BCUT2D eigenvalue weighted by Crippen LogP contribution is 2.43. The van der Waals surface area contributed by atoms with Gasteiger partial charge < -0.3 is 78.3 Å². The van der Waals surface area contributed by atoms with Crippen molar-refractivity contribution in [2.45, 2.75) is 435 Å². The van der Waals surface area contributed by atoms with Crippen LogP contribution in [0.25, 0.3) is 0 Å². The zero-order valence-electron chi connectivity index (χ0n) is 88.3. The molecule has 4 saturated heterocycles. The van der Waals surface area contributed by atoms with Crippen LogP contribution in [0, 0.1) is 71.0 Å². The van der Waals surface area contributed by atoms with Crippen molar-refractivity contribution in [1.29, 1.82) is 0 Å². The third kappa shape index (κ3) is 32.9. The monoisotopic (exact) mass is 2030 g/mol. The van der Waals surface area contributed by atoms with E-state index < -0.39 is 186 Å². The summed E-state index contributed by atoms with van der Waals surface area (Å²) in [5, 5.41) is 67.4. The van der Waals surface area contributed by atoms with Crippen molar-refractivity contribution in [2.75, 3.05) is 41.5 Å². The van der Waals surface area contributed by atoms with Crippen molar-refractivity contribution in [3.05, 3.63) is 95.2 Å². The summed E-state index contributed by atoms with van der Waals surface area (Å²) < 4.78 is 109. The van der Waals surface area contributed by atoms with Gasteiger partial charge in [-0.2, -0.15) is 0 Å². The Morgan fingerprint density at radius 1 is 0.408 bits per heavy atom. The number of aliphatic hydroxyl groups excluding tert-OH is 4. The van der Waals surface area contributed by atoms with Crippen molar-refractivity contribution in [1.82, 2.24) is 19.2 Å². The first kappa shape index (κ1) is 119. The molecule has 0 aromatic rings. The summed E-state index contributed by atoms with van der Waals surface area (Å²) in [7, 11) is -1.46. The van der Waals surface area contributed by atoms with E-state index >= 15 is 0 Å². The van der Waals surface area contributed by atoms with Crippen molar-refractivity contribution in [3.8, 4) is 0 Å². The molecule has 30 atom stereocenters. The minimum atomic E-state index is -3.76. The first-order chi connectivity index (χ1) is 67.2. The molecule has 0 spiro atoms. The average Bonchev–Trinajstić information content (AvgIpc) is 0.798. The average molecular weight is 2030 g/mol. The van der Waals surface area contributed by atoms with Crippen molar-refractivity contribution >= 4 is 66.9 Å². The highest BCUT2D eigenvalue weighted by atomic mass is 32.2. The van der Waals surface area contributed by atoms with Crippen LogP contribution in [-0.4, -0.2) is 265 Å². The number of allylic oxidation sites excluding steroid dienone is 12. The molecule has 804 valence electrons. The molecule has 32 heteroatoms. The van der Waals surface area contributed by atoms with Gasteiger partial charge in [-0.15, -0.1) is 0 Å². The zero-order valence-corrected chi connectivity index (χ0v) is 89.9. The second kappa shape index (κ2) is 55.9. The van der Waals surface area contributed by atoms with Crippen molar-refractivity contribution < 1.29 is 124 Å². The maximum absolute atomic E-state index is 14.5. The van der Waals surface area contributed by atoms with E-state index in [9.17, 15) is 85.8 Å². The molecule has 8 N–H and O–H groups in total. The van der Waals surface area contributed by atoms with E-state index in [1.165, 1.54) is 24.0 Å². The number of nitrogens with one attached hydrogen (secondary N) is 2. The van der Waals surface area contributed by atoms with E-state index in [0.717, 1.165) is 38.5 Å². The van der Waals surface area contributed by atoms with Crippen molar-refractivity contribution in [3.63, 3.8) is 0 Å². The van der Waals surface area contributed by atoms with E-state index in [1.54, 1.807) is 54.1 Å². The number of piperidine rings is 2. The maximum Gasteiger partial charge on any atom is 0.329 e. The van der Waals surface area contributed by atoms with Gasteiger partial charge in [-0.1, -0.05) is 179 Å². The Labute approximate surface area is 847 Å². The van der Waals surface area contributed by atoms with Crippen LogP contribution in [0.5, 0.6) is 0 Å². The molecule has 0 unspecified atom stereocenters. The molecule has 4 bridgehead atoms. The number of ketones is 4. The van der Waals surface area contributed by atoms with Gasteiger partial charge in [0.15, 0.2) is 11.6 Å². The second-order valence-corrected chi connectivity index (χ2v) is 48.2. The standard InChI is InChI=1S/2C55H88N2O13S/c2*1-34-17-11-10-12-18-36(3)44(56-71(65,66)43-19-13-14-20-43)33-42-25-23-40(7)55(64,70-42)52(61)53(62)57-28-16-15-21-45(57)54(63)69-47(37(4)31-41-24-26-46(58)48(32-41)67-8)27-22-35(2)30-39(6)50(60)51(68-9)49(59)38(5)29-34/h2*10-12,17-18,30,34-35,37-38,40-48,50-51,56,58,60,64H,13-16,19-29,31-33H2,1-9H3/b2*12-10+,17-11+,36-18+,39-30+/t34-,35+,37-,38-,40-,41+,42+,44+,45+,46-,47+,48-,50-,51+,55-;34-,35+,37-,38-,40-,41+,42+,44-,45+,46-,47+,48-,50-,51+,55-/m11/s1. The summed E-state index contributed by atoms with van der Waals surface area (Å²) in [4.78, 5) is 117. The molecule has 0 radical (unpaired) electrons. The Bertz CT molecular complexity index is 4350. The fourth-order valence-electron chi connectivity index (χ4n) is 23.4. The van der Waals surface area contributed by atoms with Crippen LogP contribution in [0.3, 0.4) is 0 Å². The number of hydrogen-bond acceptors (Lipinski definition) is 26. The number of amides is 2. The fourth-order valence-corrected chi connectivity index (χ4v) is 27.0. The molecule has 0 aromatic heterocycles. The molecule has 6 heterocycles. The number of fused-ring (bicyclic) bond motifs is 6. The lowest BCUT2D eigenvalue weighted by Gasteiger charge is -2.43. The molecule has 10 rings (SSSR count). The molecule has 0 aromatic carbocycles. The molecule has 142 heavy (non-hydrogen) atoms. The van der Waals surface area contributed by atoms with Crippen LogP contribution in [0.4, 0.5) is 0 Å². The predicted octanol–water partition coefficient (Wildman–Crippen LogP) is 14.4. The SMILES string of the molecule is CO[C@@H]1C[C@H](C[C@@H](C)[C@@H]2CC[C@H](C)/C=C(\C)[C@@H](O)[C@@H](OC)C(=O)[C@H](C)C[C@H](C)/C=C/C=C/C=C(\C)[C@@H](NS(=O)(=O)C3CCCC3)C[C@@H]3CC[C@@H](C)[C@@](O)(O3)C(=O)C(=O)N3CCCC[C@H]3C(=O)O2)CC[C@H]1O.CO[C@@H]1C[C@H](C[C@@H](C)[C@@H]2CC[C@H](C)/C=C(\C)[C@@H](O)[C@@H](OC)C(=O)[C@H](C)C[C@H](C)/C=C/C=C/C=C(\C)[C@H](NS(=O)(=O)C3CCCC3)C[C@@H]3CC[C@@H](C)[C@@](O)(O3)C(=O)C(=O)N3CCCC[C@H]3C(=O)O2)CC[C@H]1O. The number of carbonyl (C=O) groups is 8. The molecule has 8 fully saturated rings. The van der Waals surface area contributed by atoms with Gasteiger partial charge >= 0.3 is 11.9 Å². The number of Topliss-reactive ketones (excluding diaryl/α,β-unsaturated/α-hetero) is 4. The Hall–Kier alpha value is -6.18. The number of hydrogen-bond donors (Lipinski definition) is 8. The Morgan fingerprint density at radius 2 is 0.761 bits per heavy atom. The lowest BCUT2D eigenvalue weighted by molar-refractivity contribution is -0.264. The van der Waals surface area contributed by atoms with Crippen LogP contribution < -0.4 is 9.44 Å². The largest absolute Gasteiger partial charge is 0.461 e.